The van der Waals surface area contributed by atoms with Gasteiger partial charge < -0.3 is 9.84 Å². The van der Waals surface area contributed by atoms with Gasteiger partial charge in [0.25, 0.3) is 0 Å². The molecule has 0 aliphatic heterocycles. The molecule has 0 aromatic carbocycles. The minimum absolute atomic E-state index is 0.00856. The van der Waals surface area contributed by atoms with Crippen molar-refractivity contribution in [3.8, 4) is 0 Å². The van der Waals surface area contributed by atoms with Crippen molar-refractivity contribution in [2.45, 2.75) is 214 Å². The van der Waals surface area contributed by atoms with Crippen LogP contribution in [0.5, 0.6) is 0 Å². The molecule has 0 spiro atoms. The van der Waals surface area contributed by atoms with Crippen molar-refractivity contribution in [3.05, 3.63) is 0 Å². The third-order valence-electron chi connectivity index (χ3n) is 7.92. The highest BCUT2D eigenvalue weighted by atomic mass is 16.5. The maximum absolute atomic E-state index is 11.7. The molecule has 0 saturated carbocycles. The summed E-state index contributed by atoms with van der Waals surface area (Å²) < 4.78 is 5.34. The predicted octanol–water partition coefficient (Wildman–Crippen LogP) is 12.6. The Balaban J connectivity index is 0. The second-order valence-electron chi connectivity index (χ2n) is 12.8. The number of carboxylic acids is 1. The van der Waals surface area contributed by atoms with E-state index in [1.807, 2.05) is 0 Å². The first kappa shape index (κ1) is 42.1. The van der Waals surface area contributed by atoms with E-state index in [9.17, 15) is 9.59 Å². The van der Waals surface area contributed by atoms with Gasteiger partial charge in [-0.2, -0.15) is 0 Å². The molecular formula is C37H74O4. The fourth-order valence-electron chi connectivity index (χ4n) is 5.14. The first-order valence-corrected chi connectivity index (χ1v) is 18.3. The van der Waals surface area contributed by atoms with Gasteiger partial charge in [-0.25, -0.2) is 0 Å². The molecule has 0 aliphatic carbocycles. The first-order valence-electron chi connectivity index (χ1n) is 18.3. The molecule has 0 fully saturated rings. The van der Waals surface area contributed by atoms with Gasteiger partial charge in [0.15, 0.2) is 0 Å². The minimum atomic E-state index is -0.659. The smallest absolute Gasteiger partial charge is 0.305 e. The lowest BCUT2D eigenvalue weighted by atomic mass is 10.0. The van der Waals surface area contributed by atoms with Crippen LogP contribution < -0.4 is 0 Å². The number of carbonyl (C=O) groups is 2. The summed E-state index contributed by atoms with van der Waals surface area (Å²) >= 11 is 0. The molecule has 1 N–H and O–H groups in total. The van der Waals surface area contributed by atoms with Crippen LogP contribution in [0.3, 0.4) is 0 Å². The molecule has 0 unspecified atom stereocenters. The lowest BCUT2D eigenvalue weighted by molar-refractivity contribution is -0.144. The predicted molar refractivity (Wildman–Crippen MR) is 179 cm³/mol. The Morgan fingerprint density at radius 2 is 0.829 bits per heavy atom. The zero-order chi connectivity index (χ0) is 30.7. The molecule has 0 radical (unpaired) electrons. The lowest BCUT2D eigenvalue weighted by Gasteiger charge is -2.06. The van der Waals surface area contributed by atoms with Gasteiger partial charge in [-0.3, -0.25) is 9.59 Å². The van der Waals surface area contributed by atoms with Crippen molar-refractivity contribution in [1.82, 2.24) is 0 Å². The number of rotatable bonds is 31. The molecule has 0 rings (SSSR count). The standard InChI is InChI=1S/C25H50O2.C12H24O2/c1-4-5-6-7-8-9-10-11-12-13-14-15-16-20-23-27-25(26)22-19-17-18-21-24(2)3;1-2-3-4-5-6-7-8-9-10-11-12(13)14/h24H,4-23H2,1-3H3;2-11H2,1H3,(H,13,14). The van der Waals surface area contributed by atoms with Crippen molar-refractivity contribution in [3.63, 3.8) is 0 Å². The van der Waals surface area contributed by atoms with Crippen LogP contribution in [0.15, 0.2) is 0 Å². The highest BCUT2D eigenvalue weighted by Crippen LogP contribution is 2.14. The molecule has 246 valence electrons. The average Bonchev–Trinajstić information content (AvgIpc) is 2.94. The molecule has 0 heterocycles. The van der Waals surface area contributed by atoms with E-state index in [-0.39, 0.29) is 5.97 Å². The summed E-state index contributed by atoms with van der Waals surface area (Å²) in [7, 11) is 0. The summed E-state index contributed by atoms with van der Waals surface area (Å²) in [5.41, 5.74) is 0. The van der Waals surface area contributed by atoms with Gasteiger partial charge >= 0.3 is 11.9 Å². The largest absolute Gasteiger partial charge is 0.481 e. The zero-order valence-corrected chi connectivity index (χ0v) is 28.5. The summed E-state index contributed by atoms with van der Waals surface area (Å²) in [5, 5.41) is 8.41. The second kappa shape index (κ2) is 37.0. The van der Waals surface area contributed by atoms with Crippen molar-refractivity contribution in [1.29, 1.82) is 0 Å². The SMILES string of the molecule is CCCCCCCCCCCC(=O)O.CCCCCCCCCCCCCCCCOC(=O)CCCCCC(C)C. The fourth-order valence-corrected chi connectivity index (χ4v) is 5.14. The Kier molecular flexibility index (Phi) is 37.9. The van der Waals surface area contributed by atoms with Gasteiger partial charge in [0.05, 0.1) is 6.61 Å². The van der Waals surface area contributed by atoms with Crippen molar-refractivity contribution in [2.75, 3.05) is 6.61 Å². The highest BCUT2D eigenvalue weighted by Gasteiger charge is 2.03. The van der Waals surface area contributed by atoms with Gasteiger partial charge in [0.2, 0.25) is 0 Å². The van der Waals surface area contributed by atoms with E-state index in [0.29, 0.717) is 19.4 Å². The van der Waals surface area contributed by atoms with E-state index in [4.69, 9.17) is 9.84 Å². The van der Waals surface area contributed by atoms with Crippen LogP contribution in [0.2, 0.25) is 0 Å². The summed E-state index contributed by atoms with van der Waals surface area (Å²) in [5.74, 6) is 0.124. The van der Waals surface area contributed by atoms with Gasteiger partial charge in [-0.05, 0) is 25.2 Å². The van der Waals surface area contributed by atoms with E-state index in [0.717, 1.165) is 38.0 Å². The van der Waals surface area contributed by atoms with Crippen LogP contribution >= 0.6 is 0 Å². The maximum Gasteiger partial charge on any atom is 0.305 e. The van der Waals surface area contributed by atoms with E-state index in [1.165, 1.54) is 141 Å². The van der Waals surface area contributed by atoms with Crippen LogP contribution in [0.1, 0.15) is 214 Å². The minimum Gasteiger partial charge on any atom is -0.481 e. The Morgan fingerprint density at radius 3 is 1.22 bits per heavy atom. The molecule has 4 heteroatoms. The maximum atomic E-state index is 11.7. The number of carbonyl (C=O) groups excluding carboxylic acids is 1. The Labute approximate surface area is 257 Å². The summed E-state index contributed by atoms with van der Waals surface area (Å²) in [6.07, 6.45) is 35.8. The normalized spacial score (nSPS) is 11.0. The van der Waals surface area contributed by atoms with E-state index < -0.39 is 5.97 Å². The molecular weight excluding hydrogens is 508 g/mol. The van der Waals surface area contributed by atoms with Gasteiger partial charge in [0, 0.05) is 12.8 Å². The topological polar surface area (TPSA) is 63.6 Å². The number of carboxylic acid groups (broad SMARTS) is 1. The quantitative estimate of drug-likeness (QED) is 0.0652. The van der Waals surface area contributed by atoms with Crippen molar-refractivity contribution < 1.29 is 19.4 Å². The third-order valence-corrected chi connectivity index (χ3v) is 7.92. The summed E-state index contributed by atoms with van der Waals surface area (Å²) in [4.78, 5) is 21.9. The molecule has 0 aromatic heterocycles. The molecule has 0 atom stereocenters. The molecule has 0 saturated heterocycles. The van der Waals surface area contributed by atoms with Gasteiger partial charge in [0.1, 0.15) is 0 Å². The summed E-state index contributed by atoms with van der Waals surface area (Å²) in [6, 6.07) is 0. The first-order chi connectivity index (χ1) is 19.9. The molecule has 0 aliphatic rings. The number of unbranched alkanes of at least 4 members (excludes halogenated alkanes) is 23. The number of hydrogen-bond donors (Lipinski definition) is 1. The van der Waals surface area contributed by atoms with Crippen LogP contribution in [-0.4, -0.2) is 23.7 Å². The average molecular weight is 583 g/mol. The molecule has 41 heavy (non-hydrogen) atoms. The molecule has 4 nitrogen and oxygen atoms in total. The number of esters is 1. The van der Waals surface area contributed by atoms with Crippen LogP contribution in [0.25, 0.3) is 0 Å². The zero-order valence-electron chi connectivity index (χ0n) is 28.5. The van der Waals surface area contributed by atoms with Crippen LogP contribution in [0, 0.1) is 5.92 Å². The van der Waals surface area contributed by atoms with E-state index in [1.54, 1.807) is 0 Å². The number of hydrogen-bond acceptors (Lipinski definition) is 3. The van der Waals surface area contributed by atoms with Crippen LogP contribution in [-0.2, 0) is 14.3 Å². The monoisotopic (exact) mass is 583 g/mol. The highest BCUT2D eigenvalue weighted by molar-refractivity contribution is 5.69. The van der Waals surface area contributed by atoms with Gasteiger partial charge in [-0.1, -0.05) is 182 Å². The Hall–Kier alpha value is -1.06. The molecule has 0 aromatic rings. The Morgan fingerprint density at radius 1 is 0.488 bits per heavy atom. The Bertz CT molecular complexity index is 517. The molecule has 0 amide bonds. The van der Waals surface area contributed by atoms with Crippen molar-refractivity contribution >= 4 is 11.9 Å². The number of aliphatic carboxylic acids is 1. The molecule has 0 bridgehead atoms. The fraction of sp³-hybridized carbons (Fsp3) is 0.946. The van der Waals surface area contributed by atoms with Crippen LogP contribution in [0.4, 0.5) is 0 Å². The van der Waals surface area contributed by atoms with Gasteiger partial charge in [-0.15, -0.1) is 0 Å². The van der Waals surface area contributed by atoms with Crippen molar-refractivity contribution in [2.24, 2.45) is 5.92 Å². The lowest BCUT2D eigenvalue weighted by Crippen LogP contribution is -2.05. The summed E-state index contributed by atoms with van der Waals surface area (Å²) in [6.45, 7) is 9.65. The van der Waals surface area contributed by atoms with E-state index in [2.05, 4.69) is 27.7 Å². The van der Waals surface area contributed by atoms with E-state index >= 15 is 0 Å². The number of ether oxygens (including phenoxy) is 1. The third kappa shape index (κ3) is 43.5. The second-order valence-corrected chi connectivity index (χ2v) is 12.8.